The van der Waals surface area contributed by atoms with Gasteiger partial charge < -0.3 is 9.47 Å². The van der Waals surface area contributed by atoms with E-state index in [1.807, 2.05) is 50.2 Å². The Hall–Kier alpha value is -3.02. The van der Waals surface area contributed by atoms with Gasteiger partial charge in [0.25, 0.3) is 5.91 Å². The van der Waals surface area contributed by atoms with Gasteiger partial charge in [-0.15, -0.1) is 0 Å². The van der Waals surface area contributed by atoms with Gasteiger partial charge in [0.15, 0.2) is 11.5 Å². The molecule has 0 heterocycles. The zero-order valence-corrected chi connectivity index (χ0v) is 18.7. The number of hydrazone groups is 1. The van der Waals surface area contributed by atoms with Gasteiger partial charge in [0, 0.05) is 10.6 Å². The van der Waals surface area contributed by atoms with Crippen molar-refractivity contribution < 1.29 is 14.3 Å². The van der Waals surface area contributed by atoms with Crippen molar-refractivity contribution in [1.82, 2.24) is 5.43 Å². The fraction of sp³-hybridized carbons (Fsp3) is 0.167. The van der Waals surface area contributed by atoms with Gasteiger partial charge in [-0.2, -0.15) is 5.10 Å². The van der Waals surface area contributed by atoms with E-state index in [9.17, 15) is 4.79 Å². The Balaban J connectivity index is 1.68. The number of nitrogens with zero attached hydrogens (tertiary/aromatic N) is 1. The van der Waals surface area contributed by atoms with Crippen molar-refractivity contribution in [3.8, 4) is 11.5 Å². The van der Waals surface area contributed by atoms with Gasteiger partial charge in [-0.05, 0) is 61.4 Å². The second kappa shape index (κ2) is 10.8. The van der Waals surface area contributed by atoms with Gasteiger partial charge in [0.2, 0.25) is 0 Å². The van der Waals surface area contributed by atoms with Crippen molar-refractivity contribution in [2.45, 2.75) is 20.5 Å². The summed E-state index contributed by atoms with van der Waals surface area (Å²) in [5.41, 5.74) is 5.45. The number of nitrogens with one attached hydrogen (secondary N) is 1. The maximum absolute atomic E-state index is 12.3. The summed E-state index contributed by atoms with van der Waals surface area (Å²) in [6.07, 6.45) is 1.53. The summed E-state index contributed by atoms with van der Waals surface area (Å²) in [6.45, 7) is 4.60. The summed E-state index contributed by atoms with van der Waals surface area (Å²) < 4.78 is 11.6. The van der Waals surface area contributed by atoms with Crippen LogP contribution in [0.25, 0.3) is 0 Å². The average molecular weight is 457 g/mol. The number of carbonyl (C=O) groups is 1. The molecule has 3 aromatic rings. The topological polar surface area (TPSA) is 59.9 Å². The van der Waals surface area contributed by atoms with E-state index in [1.165, 1.54) is 6.21 Å². The summed E-state index contributed by atoms with van der Waals surface area (Å²) in [4.78, 5) is 12.3. The molecular weight excluding hydrogens is 435 g/mol. The van der Waals surface area contributed by atoms with Crippen LogP contribution in [-0.2, 0) is 6.61 Å². The van der Waals surface area contributed by atoms with Crippen molar-refractivity contribution in [1.29, 1.82) is 0 Å². The first-order chi connectivity index (χ1) is 15.0. The Bertz CT molecular complexity index is 1100. The normalized spacial score (nSPS) is 10.8. The maximum Gasteiger partial charge on any atom is 0.272 e. The number of amides is 1. The molecule has 0 spiro atoms. The van der Waals surface area contributed by atoms with Gasteiger partial charge in [0.05, 0.1) is 23.4 Å². The Kier molecular flexibility index (Phi) is 7.93. The molecule has 0 fully saturated rings. The summed E-state index contributed by atoms with van der Waals surface area (Å²) in [5, 5.41) is 5.05. The molecule has 0 aliphatic carbocycles. The van der Waals surface area contributed by atoms with E-state index in [-0.39, 0.29) is 5.91 Å². The first-order valence-corrected chi connectivity index (χ1v) is 10.5. The van der Waals surface area contributed by atoms with Crippen LogP contribution in [0.1, 0.15) is 34.0 Å². The van der Waals surface area contributed by atoms with E-state index < -0.39 is 0 Å². The number of aryl methyl sites for hydroxylation is 1. The number of hydrogen-bond donors (Lipinski definition) is 1. The van der Waals surface area contributed by atoms with Gasteiger partial charge in [-0.25, -0.2) is 5.43 Å². The van der Waals surface area contributed by atoms with Crippen molar-refractivity contribution in [2.24, 2.45) is 5.10 Å². The van der Waals surface area contributed by atoms with Gasteiger partial charge in [-0.3, -0.25) is 4.79 Å². The highest BCUT2D eigenvalue weighted by Crippen LogP contribution is 2.29. The fourth-order valence-corrected chi connectivity index (χ4v) is 3.30. The lowest BCUT2D eigenvalue weighted by molar-refractivity contribution is 0.0955. The molecule has 5 nitrogen and oxygen atoms in total. The van der Waals surface area contributed by atoms with E-state index in [1.54, 1.807) is 24.3 Å². The van der Waals surface area contributed by atoms with Crippen molar-refractivity contribution in [3.63, 3.8) is 0 Å². The molecule has 3 aromatic carbocycles. The molecule has 1 N–H and O–H groups in total. The van der Waals surface area contributed by atoms with Gasteiger partial charge in [-0.1, -0.05) is 47.5 Å². The highest BCUT2D eigenvalue weighted by molar-refractivity contribution is 6.34. The SMILES string of the molecule is CCOc1cc(/C=N\NC(=O)c2ccc(C)cc2Cl)ccc1OCc1ccccc1Cl. The van der Waals surface area contributed by atoms with Crippen LogP contribution in [0.2, 0.25) is 10.0 Å². The minimum absolute atomic E-state index is 0.320. The standard InChI is InChI=1S/C24H22Cl2N2O3/c1-3-30-23-13-17(9-11-22(23)31-15-18-6-4-5-7-20(18)25)14-27-28-24(29)19-10-8-16(2)12-21(19)26/h4-14H,3,15H2,1-2H3,(H,28,29)/b27-14-. The Morgan fingerprint density at radius 2 is 1.81 bits per heavy atom. The van der Waals surface area contributed by atoms with E-state index >= 15 is 0 Å². The number of halogens is 2. The second-order valence-corrected chi connectivity index (χ2v) is 7.52. The molecule has 31 heavy (non-hydrogen) atoms. The largest absolute Gasteiger partial charge is 0.490 e. The molecule has 0 aliphatic heterocycles. The van der Waals surface area contributed by atoms with E-state index in [0.29, 0.717) is 40.3 Å². The van der Waals surface area contributed by atoms with E-state index in [2.05, 4.69) is 10.5 Å². The lowest BCUT2D eigenvalue weighted by atomic mass is 10.1. The van der Waals surface area contributed by atoms with Crippen LogP contribution in [0.5, 0.6) is 11.5 Å². The zero-order valence-electron chi connectivity index (χ0n) is 17.2. The maximum atomic E-state index is 12.3. The zero-order chi connectivity index (χ0) is 22.2. The Morgan fingerprint density at radius 1 is 1.00 bits per heavy atom. The summed E-state index contributed by atoms with van der Waals surface area (Å²) in [5.74, 6) is 0.784. The summed E-state index contributed by atoms with van der Waals surface area (Å²) in [6, 6.07) is 18.1. The van der Waals surface area contributed by atoms with E-state index in [0.717, 1.165) is 16.7 Å². The van der Waals surface area contributed by atoms with Crippen molar-refractivity contribution in [2.75, 3.05) is 6.61 Å². The lowest BCUT2D eigenvalue weighted by Gasteiger charge is -2.13. The third kappa shape index (κ3) is 6.23. The molecular formula is C24H22Cl2N2O3. The Labute approximate surface area is 191 Å². The second-order valence-electron chi connectivity index (χ2n) is 6.70. The monoisotopic (exact) mass is 456 g/mol. The third-order valence-electron chi connectivity index (χ3n) is 4.36. The number of ether oxygens (including phenoxy) is 2. The predicted molar refractivity (Wildman–Crippen MR) is 125 cm³/mol. The van der Waals surface area contributed by atoms with Crippen LogP contribution in [0.4, 0.5) is 0 Å². The number of benzene rings is 3. The predicted octanol–water partition coefficient (Wildman–Crippen LogP) is 6.04. The number of hydrogen-bond acceptors (Lipinski definition) is 4. The minimum atomic E-state index is -0.383. The molecule has 0 bridgehead atoms. The minimum Gasteiger partial charge on any atom is -0.490 e. The fourth-order valence-electron chi connectivity index (χ4n) is 2.79. The Morgan fingerprint density at radius 3 is 2.55 bits per heavy atom. The quantitative estimate of drug-likeness (QED) is 0.331. The molecule has 0 aromatic heterocycles. The van der Waals surface area contributed by atoms with E-state index in [4.69, 9.17) is 32.7 Å². The molecule has 0 aliphatic rings. The third-order valence-corrected chi connectivity index (χ3v) is 5.04. The van der Waals surface area contributed by atoms with Crippen LogP contribution in [0, 0.1) is 6.92 Å². The van der Waals surface area contributed by atoms with Crippen LogP contribution >= 0.6 is 23.2 Å². The lowest BCUT2D eigenvalue weighted by Crippen LogP contribution is -2.18. The molecule has 3 rings (SSSR count). The molecule has 0 saturated carbocycles. The molecule has 0 saturated heterocycles. The molecule has 0 atom stereocenters. The highest BCUT2D eigenvalue weighted by atomic mass is 35.5. The first-order valence-electron chi connectivity index (χ1n) is 9.70. The first kappa shape index (κ1) is 22.7. The molecule has 0 unspecified atom stereocenters. The van der Waals surface area contributed by atoms with Crippen LogP contribution in [0.3, 0.4) is 0 Å². The summed E-state index contributed by atoms with van der Waals surface area (Å²) in [7, 11) is 0. The molecule has 0 radical (unpaired) electrons. The van der Waals surface area contributed by atoms with Gasteiger partial charge in [0.1, 0.15) is 6.61 Å². The average Bonchev–Trinajstić information content (AvgIpc) is 2.74. The number of rotatable bonds is 8. The molecule has 7 heteroatoms. The van der Waals surface area contributed by atoms with Crippen molar-refractivity contribution in [3.05, 3.63) is 93.0 Å². The molecule has 1 amide bonds. The van der Waals surface area contributed by atoms with Crippen LogP contribution in [-0.4, -0.2) is 18.7 Å². The van der Waals surface area contributed by atoms with Crippen LogP contribution < -0.4 is 14.9 Å². The van der Waals surface area contributed by atoms with Crippen molar-refractivity contribution >= 4 is 35.3 Å². The highest BCUT2D eigenvalue weighted by Gasteiger charge is 2.10. The number of carbonyl (C=O) groups excluding carboxylic acids is 1. The summed E-state index contributed by atoms with van der Waals surface area (Å²) >= 11 is 12.3. The molecule has 160 valence electrons. The smallest absolute Gasteiger partial charge is 0.272 e. The van der Waals surface area contributed by atoms with Crippen LogP contribution in [0.15, 0.2) is 65.8 Å². The van der Waals surface area contributed by atoms with Gasteiger partial charge >= 0.3 is 0 Å².